The van der Waals surface area contributed by atoms with Crippen LogP contribution in [0.15, 0.2) is 43.0 Å². The van der Waals surface area contributed by atoms with E-state index >= 15 is 0 Å². The minimum Gasteiger partial charge on any atom is -0.393 e. The van der Waals surface area contributed by atoms with Crippen LogP contribution < -0.4 is 11.1 Å². The molecule has 3 aromatic heterocycles. The van der Waals surface area contributed by atoms with Crippen LogP contribution in [0.3, 0.4) is 0 Å². The Bertz CT molecular complexity index is 1410. The number of aliphatic hydroxyl groups excluding tert-OH is 1. The number of benzene rings is 1. The molecule has 4 N–H and O–H groups in total. The number of rotatable bonds is 5. The first kappa shape index (κ1) is 23.0. The van der Waals surface area contributed by atoms with E-state index in [-0.39, 0.29) is 12.0 Å². The number of nitrogen functional groups attached to an aromatic ring is 1. The van der Waals surface area contributed by atoms with E-state index < -0.39 is 24.1 Å². The van der Waals surface area contributed by atoms with Crippen molar-refractivity contribution >= 4 is 39.6 Å². The summed E-state index contributed by atoms with van der Waals surface area (Å²) in [6.07, 6.45) is 1.98. The number of alkyl halides is 3. The van der Waals surface area contributed by atoms with E-state index in [2.05, 4.69) is 19.9 Å². The zero-order valence-corrected chi connectivity index (χ0v) is 18.4. The highest BCUT2D eigenvalue weighted by atomic mass is 19.4. The lowest BCUT2D eigenvalue weighted by molar-refractivity contribution is -0.167. The maximum absolute atomic E-state index is 12.5. The number of hydrogen-bond acceptors (Lipinski definition) is 7. The summed E-state index contributed by atoms with van der Waals surface area (Å²) in [4.78, 5) is 27.3. The predicted molar refractivity (Wildman–Crippen MR) is 122 cm³/mol. The first-order chi connectivity index (χ1) is 16.7. The molecule has 1 aliphatic carbocycles. The molecule has 35 heavy (non-hydrogen) atoms. The molecule has 0 unspecified atom stereocenters. The van der Waals surface area contributed by atoms with Crippen LogP contribution in [0.5, 0.6) is 0 Å². The fraction of sp³-hybridized carbons (Fsp3) is 0.348. The number of nitrogens with zero attached hydrogens (tertiary/aromatic N) is 5. The van der Waals surface area contributed by atoms with Gasteiger partial charge in [0.25, 0.3) is 0 Å². The fourth-order valence-corrected chi connectivity index (χ4v) is 4.71. The Kier molecular flexibility index (Phi) is 5.75. The summed E-state index contributed by atoms with van der Waals surface area (Å²) in [6.45, 7) is 0. The molecule has 12 heteroatoms. The van der Waals surface area contributed by atoms with Gasteiger partial charge in [0.05, 0.1) is 17.0 Å². The first-order valence-electron chi connectivity index (χ1n) is 11.1. The van der Waals surface area contributed by atoms with Crippen LogP contribution in [-0.4, -0.2) is 47.8 Å². The molecule has 5 rings (SSSR count). The molecule has 0 aliphatic heterocycles. The van der Waals surface area contributed by atoms with Crippen molar-refractivity contribution in [2.24, 2.45) is 5.92 Å². The summed E-state index contributed by atoms with van der Waals surface area (Å²) in [5.41, 5.74) is 8.03. The van der Waals surface area contributed by atoms with Crippen LogP contribution in [-0.2, 0) is 11.2 Å². The zero-order valence-electron chi connectivity index (χ0n) is 18.4. The van der Waals surface area contributed by atoms with Crippen LogP contribution in [0.1, 0.15) is 30.9 Å². The Morgan fingerprint density at radius 3 is 2.83 bits per heavy atom. The van der Waals surface area contributed by atoms with Crippen molar-refractivity contribution in [2.45, 2.75) is 44.0 Å². The molecule has 1 saturated carbocycles. The minimum atomic E-state index is -5.02. The average Bonchev–Trinajstić information content (AvgIpc) is 3.41. The number of aliphatic hydroxyl groups is 1. The largest absolute Gasteiger partial charge is 0.471 e. The van der Waals surface area contributed by atoms with Crippen molar-refractivity contribution < 1.29 is 23.1 Å². The van der Waals surface area contributed by atoms with E-state index in [1.54, 1.807) is 17.4 Å². The highest BCUT2D eigenvalue weighted by Crippen LogP contribution is 2.39. The second-order valence-corrected chi connectivity index (χ2v) is 8.75. The van der Waals surface area contributed by atoms with Gasteiger partial charge in [-0.2, -0.15) is 13.2 Å². The Labute approximate surface area is 197 Å². The van der Waals surface area contributed by atoms with Crippen LogP contribution >= 0.6 is 0 Å². The van der Waals surface area contributed by atoms with Gasteiger partial charge in [-0.1, -0.05) is 12.1 Å². The molecule has 1 aromatic carbocycles. The van der Waals surface area contributed by atoms with Gasteiger partial charge in [-0.05, 0) is 49.3 Å². The standard InChI is InChI=1S/C23H22F3N7O2/c24-23(25,26)21(35)32-22-28-10-14-4-2-12(7-17(14)31-22)1-3-13-8-15(9-18(13)34)33-6-5-16-19(27)29-11-30-20(16)33/h2,4-7,10-11,13,15,18,34H,1,3,8-9H2,(H2,27,29,30)(H,28,31,32,35)/t13-,15+,18-/m0/s1. The molecule has 1 fully saturated rings. The van der Waals surface area contributed by atoms with Gasteiger partial charge in [0.1, 0.15) is 17.8 Å². The summed E-state index contributed by atoms with van der Waals surface area (Å²) in [6, 6.07) is 7.41. The summed E-state index contributed by atoms with van der Waals surface area (Å²) in [5, 5.41) is 13.8. The van der Waals surface area contributed by atoms with E-state index in [0.717, 1.165) is 29.4 Å². The third-order valence-corrected chi connectivity index (χ3v) is 6.50. The van der Waals surface area contributed by atoms with Crippen molar-refractivity contribution in [3.63, 3.8) is 0 Å². The average molecular weight is 485 g/mol. The Morgan fingerprint density at radius 2 is 2.03 bits per heavy atom. The van der Waals surface area contributed by atoms with Crippen molar-refractivity contribution in [1.82, 2.24) is 24.5 Å². The van der Waals surface area contributed by atoms with Gasteiger partial charge in [-0.3, -0.25) is 10.1 Å². The first-order valence-corrected chi connectivity index (χ1v) is 11.1. The quantitative estimate of drug-likeness (QED) is 0.395. The SMILES string of the molecule is Nc1ncnc2c1ccn2[C@@H]1C[C@H](CCc2ccc3cnc(NC(=O)C(F)(F)F)nc3c2)[C@@H](O)C1. The maximum atomic E-state index is 12.5. The van der Waals surface area contributed by atoms with Crippen molar-refractivity contribution in [1.29, 1.82) is 0 Å². The minimum absolute atomic E-state index is 0.0689. The topological polar surface area (TPSA) is 132 Å². The molecule has 0 saturated heterocycles. The van der Waals surface area contributed by atoms with Gasteiger partial charge < -0.3 is 15.4 Å². The number of aryl methyl sites for hydroxylation is 1. The maximum Gasteiger partial charge on any atom is 0.471 e. The summed E-state index contributed by atoms with van der Waals surface area (Å²) in [7, 11) is 0. The van der Waals surface area contributed by atoms with Crippen LogP contribution in [0.2, 0.25) is 0 Å². The van der Waals surface area contributed by atoms with Gasteiger partial charge in [-0.25, -0.2) is 19.9 Å². The van der Waals surface area contributed by atoms with Crippen molar-refractivity contribution in [2.75, 3.05) is 11.1 Å². The normalized spacial score (nSPS) is 20.5. The lowest BCUT2D eigenvalue weighted by Gasteiger charge is -2.15. The van der Waals surface area contributed by atoms with E-state index in [9.17, 15) is 23.1 Å². The smallest absolute Gasteiger partial charge is 0.393 e. The number of aromatic nitrogens is 5. The highest BCUT2D eigenvalue weighted by Gasteiger charge is 2.39. The van der Waals surface area contributed by atoms with Gasteiger partial charge in [-0.15, -0.1) is 0 Å². The molecule has 9 nitrogen and oxygen atoms in total. The number of nitrogens with one attached hydrogen (secondary N) is 1. The zero-order chi connectivity index (χ0) is 24.7. The molecule has 1 aliphatic rings. The van der Waals surface area contributed by atoms with Crippen LogP contribution in [0, 0.1) is 5.92 Å². The van der Waals surface area contributed by atoms with Crippen LogP contribution in [0.25, 0.3) is 21.9 Å². The highest BCUT2D eigenvalue weighted by molar-refractivity contribution is 5.94. The second-order valence-electron chi connectivity index (χ2n) is 8.75. The van der Waals surface area contributed by atoms with Gasteiger partial charge in [0.2, 0.25) is 5.95 Å². The molecule has 0 spiro atoms. The van der Waals surface area contributed by atoms with Gasteiger partial charge in [0, 0.05) is 23.8 Å². The molecule has 0 radical (unpaired) electrons. The van der Waals surface area contributed by atoms with E-state index in [0.29, 0.717) is 29.6 Å². The lowest BCUT2D eigenvalue weighted by atomic mass is 9.96. The number of carbonyl (C=O) groups is 1. The number of halogens is 3. The van der Waals surface area contributed by atoms with E-state index in [4.69, 9.17) is 5.73 Å². The number of nitrogens with two attached hydrogens (primary N) is 1. The molecule has 182 valence electrons. The van der Waals surface area contributed by atoms with E-state index in [1.807, 2.05) is 22.9 Å². The number of amides is 1. The number of fused-ring (bicyclic) bond motifs is 2. The summed E-state index contributed by atoms with van der Waals surface area (Å²) >= 11 is 0. The molecule has 1 amide bonds. The fourth-order valence-electron chi connectivity index (χ4n) is 4.71. The number of carbonyl (C=O) groups excluding carboxylic acids is 1. The Hall–Kier alpha value is -3.80. The summed E-state index contributed by atoms with van der Waals surface area (Å²) in [5.74, 6) is -2.04. The molecule has 3 atom stereocenters. The van der Waals surface area contributed by atoms with Gasteiger partial charge in [0.15, 0.2) is 0 Å². The molecular formula is C23H22F3N7O2. The molecule has 3 heterocycles. The third kappa shape index (κ3) is 4.61. The molecule has 0 bridgehead atoms. The molecule has 4 aromatic rings. The second kappa shape index (κ2) is 8.77. The third-order valence-electron chi connectivity index (χ3n) is 6.50. The molecular weight excluding hydrogens is 463 g/mol. The summed E-state index contributed by atoms with van der Waals surface area (Å²) < 4.78 is 39.6. The van der Waals surface area contributed by atoms with Crippen molar-refractivity contribution in [3.8, 4) is 0 Å². The predicted octanol–water partition coefficient (Wildman–Crippen LogP) is 3.40. The van der Waals surface area contributed by atoms with Gasteiger partial charge >= 0.3 is 12.1 Å². The Balaban J connectivity index is 1.27. The Morgan fingerprint density at radius 1 is 1.20 bits per heavy atom. The monoisotopic (exact) mass is 485 g/mol. The number of anilines is 2. The lowest BCUT2D eigenvalue weighted by Crippen LogP contribution is -2.30. The van der Waals surface area contributed by atoms with Crippen LogP contribution in [0.4, 0.5) is 24.9 Å². The van der Waals surface area contributed by atoms with E-state index in [1.165, 1.54) is 12.5 Å². The number of hydrogen-bond donors (Lipinski definition) is 3. The van der Waals surface area contributed by atoms with Crippen molar-refractivity contribution in [3.05, 3.63) is 48.5 Å².